The molecule has 1 nitrogen and oxygen atoms in total. The third-order valence-electron chi connectivity index (χ3n) is 1.74. The van der Waals surface area contributed by atoms with Crippen LogP contribution in [0.2, 0.25) is 5.02 Å². The van der Waals surface area contributed by atoms with Crippen LogP contribution in [0.4, 0.5) is 0 Å². The van der Waals surface area contributed by atoms with E-state index >= 15 is 0 Å². The predicted molar refractivity (Wildman–Crippen MR) is 62.2 cm³/mol. The van der Waals surface area contributed by atoms with Gasteiger partial charge < -0.3 is 0 Å². The van der Waals surface area contributed by atoms with E-state index in [1.807, 2.05) is 18.2 Å². The second-order valence-electron chi connectivity index (χ2n) is 2.55. The summed E-state index contributed by atoms with van der Waals surface area (Å²) in [5.41, 5.74) is 0.811. The Hall–Kier alpha value is -0.120. The molecule has 0 spiro atoms. The molecule has 4 heteroatoms. The zero-order valence-corrected chi connectivity index (χ0v) is 10.3. The van der Waals surface area contributed by atoms with Crippen LogP contribution in [0.1, 0.15) is 0 Å². The summed E-state index contributed by atoms with van der Waals surface area (Å²) in [7, 11) is 0. The number of benzene rings is 1. The molecule has 66 valence electrons. The Morgan fingerprint density at radius 3 is 2.46 bits per heavy atom. The van der Waals surface area contributed by atoms with Crippen molar-refractivity contribution < 1.29 is 0 Å². The molecular formula is C9H4Br2ClN. The van der Waals surface area contributed by atoms with Gasteiger partial charge in [0.15, 0.2) is 0 Å². The first-order valence-electron chi connectivity index (χ1n) is 3.58. The summed E-state index contributed by atoms with van der Waals surface area (Å²) >= 11 is 12.9. The first kappa shape index (κ1) is 9.44. The van der Waals surface area contributed by atoms with Gasteiger partial charge in [-0.1, -0.05) is 27.5 Å². The second kappa shape index (κ2) is 3.56. The van der Waals surface area contributed by atoms with Gasteiger partial charge in [0.05, 0.1) is 10.5 Å². The van der Waals surface area contributed by atoms with E-state index in [2.05, 4.69) is 36.8 Å². The third-order valence-corrected chi connectivity index (χ3v) is 3.37. The Bertz CT molecular complexity index is 462. The summed E-state index contributed by atoms with van der Waals surface area (Å²) in [6.07, 6.45) is 1.73. The minimum absolute atomic E-state index is 0.666. The van der Waals surface area contributed by atoms with E-state index in [0.29, 0.717) is 5.02 Å². The van der Waals surface area contributed by atoms with Crippen LogP contribution in [-0.4, -0.2) is 4.98 Å². The molecule has 1 aromatic carbocycles. The van der Waals surface area contributed by atoms with E-state index in [1.165, 1.54) is 0 Å². The van der Waals surface area contributed by atoms with Crippen molar-refractivity contribution in [1.29, 1.82) is 0 Å². The molecule has 13 heavy (non-hydrogen) atoms. The van der Waals surface area contributed by atoms with Gasteiger partial charge >= 0.3 is 0 Å². The molecule has 0 saturated heterocycles. The molecule has 1 aromatic heterocycles. The largest absolute Gasteiger partial charge is 0.255 e. The van der Waals surface area contributed by atoms with Crippen molar-refractivity contribution in [3.8, 4) is 0 Å². The van der Waals surface area contributed by atoms with Gasteiger partial charge in [-0.15, -0.1) is 0 Å². The minimum Gasteiger partial charge on any atom is -0.255 e. The standard InChI is InChI=1S/C9H4Br2ClN/c10-5-1-2-7(12)9-8(5)6(11)3-4-13-9/h1-4H. The maximum atomic E-state index is 6.00. The highest BCUT2D eigenvalue weighted by atomic mass is 79.9. The molecule has 0 aliphatic heterocycles. The second-order valence-corrected chi connectivity index (χ2v) is 4.66. The quantitative estimate of drug-likeness (QED) is 0.700. The summed E-state index contributed by atoms with van der Waals surface area (Å²) in [6, 6.07) is 5.63. The number of pyridine rings is 1. The molecule has 0 radical (unpaired) electrons. The molecule has 2 aromatic rings. The Labute approximate surface area is 97.4 Å². The van der Waals surface area contributed by atoms with Gasteiger partial charge in [-0.2, -0.15) is 0 Å². The molecule has 1 heterocycles. The van der Waals surface area contributed by atoms with Crippen molar-refractivity contribution in [2.45, 2.75) is 0 Å². The van der Waals surface area contributed by atoms with Gasteiger partial charge in [0.2, 0.25) is 0 Å². The lowest BCUT2D eigenvalue weighted by Crippen LogP contribution is -1.82. The van der Waals surface area contributed by atoms with Gasteiger partial charge in [-0.25, -0.2) is 0 Å². The molecule has 0 aliphatic carbocycles. The highest BCUT2D eigenvalue weighted by molar-refractivity contribution is 9.11. The third kappa shape index (κ3) is 1.60. The SMILES string of the molecule is Clc1ccc(Br)c2c(Br)ccnc12. The number of rotatable bonds is 0. The van der Waals surface area contributed by atoms with E-state index in [-0.39, 0.29) is 0 Å². The van der Waals surface area contributed by atoms with Crippen molar-refractivity contribution >= 4 is 54.4 Å². The highest BCUT2D eigenvalue weighted by Crippen LogP contribution is 2.33. The number of nitrogens with zero attached hydrogens (tertiary/aromatic N) is 1. The van der Waals surface area contributed by atoms with Crippen molar-refractivity contribution in [2.75, 3.05) is 0 Å². The van der Waals surface area contributed by atoms with Crippen molar-refractivity contribution in [3.63, 3.8) is 0 Å². The fourth-order valence-electron chi connectivity index (χ4n) is 1.16. The zero-order valence-electron chi connectivity index (χ0n) is 6.39. The molecule has 2 rings (SSSR count). The van der Waals surface area contributed by atoms with Crippen LogP contribution in [0.25, 0.3) is 10.9 Å². The average molecular weight is 321 g/mol. The Kier molecular flexibility index (Phi) is 2.58. The Balaban J connectivity index is 3.00. The predicted octanol–water partition coefficient (Wildman–Crippen LogP) is 4.41. The van der Waals surface area contributed by atoms with Gasteiger partial charge in [0.1, 0.15) is 0 Å². The normalized spacial score (nSPS) is 10.7. The molecule has 0 bridgehead atoms. The summed E-state index contributed by atoms with van der Waals surface area (Å²) in [5.74, 6) is 0. The maximum absolute atomic E-state index is 6.00. The van der Waals surface area contributed by atoms with Crippen LogP contribution in [0, 0.1) is 0 Å². The van der Waals surface area contributed by atoms with Gasteiger partial charge in [-0.3, -0.25) is 4.98 Å². The van der Waals surface area contributed by atoms with Crippen molar-refractivity contribution in [1.82, 2.24) is 4.98 Å². The van der Waals surface area contributed by atoms with Crippen LogP contribution in [0.5, 0.6) is 0 Å². The van der Waals surface area contributed by atoms with E-state index in [1.54, 1.807) is 6.20 Å². The summed E-state index contributed by atoms with van der Waals surface area (Å²) in [6.45, 7) is 0. The maximum Gasteiger partial charge on any atom is 0.0910 e. The van der Waals surface area contributed by atoms with Crippen LogP contribution in [-0.2, 0) is 0 Å². The smallest absolute Gasteiger partial charge is 0.0910 e. The number of fused-ring (bicyclic) bond motifs is 1. The fraction of sp³-hybridized carbons (Fsp3) is 0. The molecule has 0 amide bonds. The number of aromatic nitrogens is 1. The molecule has 0 saturated carbocycles. The molecule has 0 fully saturated rings. The first-order chi connectivity index (χ1) is 6.20. The van der Waals surface area contributed by atoms with Gasteiger partial charge in [0, 0.05) is 20.5 Å². The van der Waals surface area contributed by atoms with E-state index in [9.17, 15) is 0 Å². The average Bonchev–Trinajstić information content (AvgIpc) is 2.12. The summed E-state index contributed by atoms with van der Waals surface area (Å²) in [5, 5.41) is 1.68. The molecule has 0 N–H and O–H groups in total. The van der Waals surface area contributed by atoms with E-state index in [0.717, 1.165) is 19.8 Å². The number of hydrogen-bond acceptors (Lipinski definition) is 1. The van der Waals surface area contributed by atoms with Crippen LogP contribution in [0.15, 0.2) is 33.3 Å². The number of halogens is 3. The first-order valence-corrected chi connectivity index (χ1v) is 5.55. The lowest BCUT2D eigenvalue weighted by atomic mass is 10.2. The van der Waals surface area contributed by atoms with Gasteiger partial charge in [-0.05, 0) is 34.1 Å². The summed E-state index contributed by atoms with van der Waals surface area (Å²) < 4.78 is 1.98. The van der Waals surface area contributed by atoms with E-state index < -0.39 is 0 Å². The van der Waals surface area contributed by atoms with Crippen LogP contribution >= 0.6 is 43.5 Å². The monoisotopic (exact) mass is 319 g/mol. The van der Waals surface area contributed by atoms with Crippen molar-refractivity contribution in [3.05, 3.63) is 38.4 Å². The molecule has 0 atom stereocenters. The Morgan fingerprint density at radius 1 is 1.08 bits per heavy atom. The van der Waals surface area contributed by atoms with Crippen molar-refractivity contribution in [2.24, 2.45) is 0 Å². The lowest BCUT2D eigenvalue weighted by molar-refractivity contribution is 1.40. The zero-order chi connectivity index (χ0) is 9.42. The summed E-state index contributed by atoms with van der Waals surface area (Å²) in [4.78, 5) is 4.21. The lowest BCUT2D eigenvalue weighted by Gasteiger charge is -2.03. The number of hydrogen-bond donors (Lipinski definition) is 0. The van der Waals surface area contributed by atoms with Crippen LogP contribution in [0.3, 0.4) is 0 Å². The molecule has 0 unspecified atom stereocenters. The van der Waals surface area contributed by atoms with Gasteiger partial charge in [0.25, 0.3) is 0 Å². The van der Waals surface area contributed by atoms with E-state index in [4.69, 9.17) is 11.6 Å². The minimum atomic E-state index is 0.666. The fourth-order valence-corrected chi connectivity index (χ4v) is 2.68. The highest BCUT2D eigenvalue weighted by Gasteiger charge is 2.06. The van der Waals surface area contributed by atoms with Crippen LogP contribution < -0.4 is 0 Å². The molecular weight excluding hydrogens is 317 g/mol. The Morgan fingerprint density at radius 2 is 1.77 bits per heavy atom. The topological polar surface area (TPSA) is 12.9 Å². The molecule has 0 aliphatic rings.